The van der Waals surface area contributed by atoms with Gasteiger partial charge in [0.15, 0.2) is 0 Å². The number of sulfonamides is 1. The van der Waals surface area contributed by atoms with E-state index in [0.29, 0.717) is 5.75 Å². The highest BCUT2D eigenvalue weighted by atomic mass is 35.5. The summed E-state index contributed by atoms with van der Waals surface area (Å²) in [5.74, 6) is -0.0990. The van der Waals surface area contributed by atoms with Gasteiger partial charge in [-0.25, -0.2) is 8.42 Å². The number of hydrogen-bond acceptors (Lipinski definition) is 5. The second-order valence-corrected chi connectivity index (χ2v) is 9.26. The van der Waals surface area contributed by atoms with Crippen molar-refractivity contribution < 1.29 is 22.7 Å². The molecule has 1 N–H and O–H groups in total. The minimum Gasteiger partial charge on any atom is -0.495 e. The highest BCUT2D eigenvalue weighted by Gasteiger charge is 2.25. The summed E-state index contributed by atoms with van der Waals surface area (Å²) in [6.07, 6.45) is 0.936. The molecule has 2 rings (SSSR count). The van der Waals surface area contributed by atoms with E-state index in [9.17, 15) is 13.2 Å². The van der Waals surface area contributed by atoms with E-state index in [2.05, 4.69) is 5.32 Å². The second kappa shape index (κ2) is 9.49. The van der Waals surface area contributed by atoms with Gasteiger partial charge in [-0.15, -0.1) is 0 Å². The average molecular weight is 502 g/mol. The van der Waals surface area contributed by atoms with Crippen LogP contribution >= 0.6 is 46.4 Å². The van der Waals surface area contributed by atoms with Crippen molar-refractivity contribution in [1.82, 2.24) is 0 Å². The second-order valence-electron chi connectivity index (χ2n) is 5.72. The van der Waals surface area contributed by atoms with Gasteiger partial charge in [-0.1, -0.05) is 46.4 Å². The monoisotopic (exact) mass is 500 g/mol. The highest BCUT2D eigenvalue weighted by molar-refractivity contribution is 7.92. The normalized spacial score (nSPS) is 11.1. The number of carbonyl (C=O) groups is 1. The lowest BCUT2D eigenvalue weighted by atomic mass is 10.2. The first kappa shape index (κ1) is 23.7. The van der Waals surface area contributed by atoms with Crippen molar-refractivity contribution in [1.29, 1.82) is 0 Å². The summed E-state index contributed by atoms with van der Waals surface area (Å²) in [5, 5.41) is 3.10. The first-order valence-corrected chi connectivity index (χ1v) is 11.2. The van der Waals surface area contributed by atoms with Crippen molar-refractivity contribution in [2.24, 2.45) is 0 Å². The Bertz CT molecular complexity index is 1050. The molecule has 0 saturated carbocycles. The maximum Gasteiger partial charge on any atom is 0.245 e. The standard InChI is InChI=1S/C17H16Cl4N2O5S/c1-27-15-7-13(16(28-2)6-12(15)21)22-17(24)8-23(29(3,25)26)14-5-10(19)9(18)4-11(14)20/h4-7H,8H2,1-3H3,(H,22,24). The van der Waals surface area contributed by atoms with Gasteiger partial charge >= 0.3 is 0 Å². The molecule has 0 unspecified atom stereocenters. The molecule has 29 heavy (non-hydrogen) atoms. The fourth-order valence-electron chi connectivity index (χ4n) is 2.36. The van der Waals surface area contributed by atoms with E-state index in [1.54, 1.807) is 0 Å². The number of nitrogens with zero attached hydrogens (tertiary/aromatic N) is 1. The number of ether oxygens (including phenoxy) is 2. The van der Waals surface area contributed by atoms with Crippen LogP contribution in [0.3, 0.4) is 0 Å². The van der Waals surface area contributed by atoms with Gasteiger partial charge in [0, 0.05) is 12.1 Å². The molecule has 2 aromatic carbocycles. The minimum absolute atomic E-state index is 0.0133. The molecule has 0 spiro atoms. The minimum atomic E-state index is -3.88. The Balaban J connectivity index is 2.37. The number of benzene rings is 2. The average Bonchev–Trinajstić information content (AvgIpc) is 2.63. The Morgan fingerprint density at radius 1 is 0.931 bits per heavy atom. The lowest BCUT2D eigenvalue weighted by Crippen LogP contribution is -2.37. The van der Waals surface area contributed by atoms with E-state index in [-0.39, 0.29) is 37.2 Å². The third-order valence-electron chi connectivity index (χ3n) is 3.69. The number of anilines is 2. The van der Waals surface area contributed by atoms with Crippen molar-refractivity contribution in [2.75, 3.05) is 36.6 Å². The summed E-state index contributed by atoms with van der Waals surface area (Å²) < 4.78 is 35.7. The van der Waals surface area contributed by atoms with Crippen LogP contribution in [0.4, 0.5) is 11.4 Å². The lowest BCUT2D eigenvalue weighted by Gasteiger charge is -2.23. The molecule has 0 aromatic heterocycles. The van der Waals surface area contributed by atoms with Gasteiger partial charge in [-0.3, -0.25) is 9.10 Å². The topological polar surface area (TPSA) is 84.9 Å². The third kappa shape index (κ3) is 5.73. The molecule has 0 heterocycles. The van der Waals surface area contributed by atoms with Gasteiger partial charge in [0.05, 0.1) is 51.9 Å². The lowest BCUT2D eigenvalue weighted by molar-refractivity contribution is -0.114. The quantitative estimate of drug-likeness (QED) is 0.554. The maximum absolute atomic E-state index is 12.6. The van der Waals surface area contributed by atoms with Crippen LogP contribution in [0.2, 0.25) is 20.1 Å². The largest absolute Gasteiger partial charge is 0.495 e. The number of carbonyl (C=O) groups excluding carboxylic acids is 1. The molecule has 0 bridgehead atoms. The Hall–Kier alpha value is -1.58. The van der Waals surface area contributed by atoms with Crippen LogP contribution in [0.5, 0.6) is 11.5 Å². The number of amides is 1. The molecule has 0 radical (unpaired) electrons. The van der Waals surface area contributed by atoms with Gasteiger partial charge in [0.2, 0.25) is 15.9 Å². The number of hydrogen-bond donors (Lipinski definition) is 1. The Morgan fingerprint density at radius 3 is 2.07 bits per heavy atom. The van der Waals surface area contributed by atoms with Crippen LogP contribution in [-0.4, -0.2) is 41.3 Å². The van der Waals surface area contributed by atoms with Crippen molar-refractivity contribution in [3.05, 3.63) is 44.4 Å². The molecule has 0 aliphatic heterocycles. The summed E-state index contributed by atoms with van der Waals surface area (Å²) in [6.45, 7) is -0.579. The molecule has 0 saturated heterocycles. The Kier molecular flexibility index (Phi) is 7.75. The zero-order valence-electron chi connectivity index (χ0n) is 15.4. The van der Waals surface area contributed by atoms with Crippen LogP contribution < -0.4 is 19.1 Å². The van der Waals surface area contributed by atoms with Crippen LogP contribution in [0, 0.1) is 0 Å². The summed E-state index contributed by atoms with van der Waals surface area (Å²) in [7, 11) is -1.07. The van der Waals surface area contributed by atoms with Crippen LogP contribution in [0.25, 0.3) is 0 Å². The Labute approximate surface area is 188 Å². The van der Waals surface area contributed by atoms with E-state index < -0.39 is 22.5 Å². The molecule has 1 amide bonds. The van der Waals surface area contributed by atoms with Gasteiger partial charge < -0.3 is 14.8 Å². The van der Waals surface area contributed by atoms with E-state index in [0.717, 1.165) is 10.6 Å². The fraction of sp³-hybridized carbons (Fsp3) is 0.235. The highest BCUT2D eigenvalue weighted by Crippen LogP contribution is 2.37. The first-order valence-electron chi connectivity index (χ1n) is 7.81. The third-order valence-corrected chi connectivity index (χ3v) is 6.14. The maximum atomic E-state index is 12.6. The summed E-state index contributed by atoms with van der Waals surface area (Å²) in [4.78, 5) is 12.6. The number of nitrogens with one attached hydrogen (secondary N) is 1. The summed E-state index contributed by atoms with van der Waals surface area (Å²) in [6, 6.07) is 5.48. The predicted molar refractivity (Wildman–Crippen MR) is 117 cm³/mol. The first-order chi connectivity index (χ1) is 13.5. The predicted octanol–water partition coefficient (Wildman–Crippen LogP) is 4.72. The molecular formula is C17H16Cl4N2O5S. The van der Waals surface area contributed by atoms with Crippen molar-refractivity contribution in [3.63, 3.8) is 0 Å². The van der Waals surface area contributed by atoms with Crippen LogP contribution in [0.1, 0.15) is 0 Å². The molecule has 2 aromatic rings. The van der Waals surface area contributed by atoms with Gasteiger partial charge in [-0.2, -0.15) is 0 Å². The number of methoxy groups -OCH3 is 2. The zero-order chi connectivity index (χ0) is 21.9. The molecular weight excluding hydrogens is 486 g/mol. The zero-order valence-corrected chi connectivity index (χ0v) is 19.3. The van der Waals surface area contributed by atoms with Gasteiger partial charge in [0.1, 0.15) is 18.0 Å². The molecule has 0 fully saturated rings. The SMILES string of the molecule is COc1cc(NC(=O)CN(c2cc(Cl)c(Cl)cc2Cl)S(C)(=O)=O)c(OC)cc1Cl. The summed E-state index contributed by atoms with van der Waals surface area (Å²) >= 11 is 24.0. The number of halogens is 4. The van der Waals surface area contributed by atoms with Crippen LogP contribution in [0.15, 0.2) is 24.3 Å². The van der Waals surface area contributed by atoms with Gasteiger partial charge in [0.25, 0.3) is 0 Å². The van der Waals surface area contributed by atoms with E-state index in [1.165, 1.54) is 38.5 Å². The smallest absolute Gasteiger partial charge is 0.245 e. The molecule has 0 atom stereocenters. The molecule has 0 aliphatic carbocycles. The molecule has 12 heteroatoms. The summed E-state index contributed by atoms with van der Waals surface area (Å²) in [5.41, 5.74) is 0.256. The van der Waals surface area contributed by atoms with E-state index in [4.69, 9.17) is 55.9 Å². The molecule has 0 aliphatic rings. The number of rotatable bonds is 7. The Morgan fingerprint density at radius 2 is 1.52 bits per heavy atom. The van der Waals surface area contributed by atoms with E-state index >= 15 is 0 Å². The van der Waals surface area contributed by atoms with Crippen molar-refractivity contribution in [2.45, 2.75) is 0 Å². The van der Waals surface area contributed by atoms with Gasteiger partial charge in [-0.05, 0) is 12.1 Å². The molecule has 158 valence electrons. The fourth-order valence-corrected chi connectivity index (χ4v) is 4.15. The van der Waals surface area contributed by atoms with Crippen LogP contribution in [-0.2, 0) is 14.8 Å². The van der Waals surface area contributed by atoms with E-state index in [1.807, 2.05) is 0 Å². The molecule has 7 nitrogen and oxygen atoms in total. The van der Waals surface area contributed by atoms with Crippen molar-refractivity contribution >= 4 is 73.7 Å². The van der Waals surface area contributed by atoms with Crippen molar-refractivity contribution in [3.8, 4) is 11.5 Å².